The van der Waals surface area contributed by atoms with E-state index >= 15 is 0 Å². The maximum atomic E-state index is 10.9. The summed E-state index contributed by atoms with van der Waals surface area (Å²) < 4.78 is 0. The van der Waals surface area contributed by atoms with E-state index in [1.54, 1.807) is 0 Å². The van der Waals surface area contributed by atoms with Crippen molar-refractivity contribution in [1.82, 2.24) is 15.0 Å². The van der Waals surface area contributed by atoms with Crippen molar-refractivity contribution in [2.75, 3.05) is 0 Å². The largest absolute Gasteiger partial charge is 0.507 e. The van der Waals surface area contributed by atoms with Crippen molar-refractivity contribution < 1.29 is 11.6 Å². The van der Waals surface area contributed by atoms with Crippen molar-refractivity contribution in [3.05, 3.63) is 76.3 Å². The van der Waals surface area contributed by atoms with Crippen LogP contribution in [0.2, 0.25) is 0 Å². The molecule has 4 aromatic rings. The summed E-state index contributed by atoms with van der Waals surface area (Å²) >= 11 is 4.24. The van der Waals surface area contributed by atoms with Crippen molar-refractivity contribution in [1.29, 1.82) is 0 Å². The minimum atomic E-state index is 0. The van der Waals surface area contributed by atoms with Gasteiger partial charge in [0.15, 0.2) is 0 Å². The molecule has 0 fully saturated rings. The van der Waals surface area contributed by atoms with Crippen molar-refractivity contribution >= 4 is 48.3 Å². The van der Waals surface area contributed by atoms with Crippen LogP contribution in [0.15, 0.2) is 48.5 Å². The molecule has 0 radical (unpaired) electrons. The van der Waals surface area contributed by atoms with Crippen molar-refractivity contribution in [2.45, 2.75) is 27.2 Å². The lowest BCUT2D eigenvalue weighted by Crippen LogP contribution is -2.02. The third kappa shape index (κ3) is 4.66. The molecule has 0 saturated carbocycles. The Labute approximate surface area is 194 Å². The second-order valence-corrected chi connectivity index (χ2v) is 7.04. The molecule has 0 spiro atoms. The van der Waals surface area contributed by atoms with Gasteiger partial charge in [0.25, 0.3) is 0 Å². The van der Waals surface area contributed by atoms with Gasteiger partial charge in [-0.2, -0.15) is 0 Å². The molecule has 5 nitrogen and oxygen atoms in total. The number of aromatic nitrogens is 3. The van der Waals surface area contributed by atoms with Gasteiger partial charge in [-0.3, -0.25) is 0 Å². The van der Waals surface area contributed by atoms with Gasteiger partial charge >= 0.3 is 0 Å². The average molecular weight is 615 g/mol. The number of halogens is 2. The number of hydrogen-bond acceptors (Lipinski definition) is 4. The van der Waals surface area contributed by atoms with E-state index in [0.29, 0.717) is 12.1 Å². The van der Waals surface area contributed by atoms with Gasteiger partial charge in [0.05, 0.1) is 0 Å². The smallest absolute Gasteiger partial charge is 0.146 e. The first-order chi connectivity index (χ1) is 13.9. The summed E-state index contributed by atoms with van der Waals surface area (Å²) in [5.74, 6) is 0.394. The fraction of sp³-hybridized carbons (Fsp3) is 0.182. The lowest BCUT2D eigenvalue weighted by Gasteiger charge is -2.13. The summed E-state index contributed by atoms with van der Waals surface area (Å²) in [6.07, 6.45) is 0.426. The standard InChI is InChI=1S/C22H21N3O2.I2.H2/c1-13-8-15(3)21(26)16(9-13)12-17-10-14(2)11-20(22(17)27)25-23-18-6-4-5-7-19(18)24-25;1-2;/h4-11,26-27H,12H2,1-3H3;;1H. The number of phenolic OH excluding ortho intramolecular Hbond substituents is 2. The van der Waals surface area contributed by atoms with Gasteiger partial charge in [0.1, 0.15) is 28.2 Å². The molecule has 1 heterocycles. The van der Waals surface area contributed by atoms with Gasteiger partial charge in [-0.1, -0.05) is 35.9 Å². The average Bonchev–Trinajstić information content (AvgIpc) is 3.13. The Balaban J connectivity index is 0.00000104. The predicted octanol–water partition coefficient (Wildman–Crippen LogP) is 6.37. The predicted molar refractivity (Wildman–Crippen MR) is 136 cm³/mol. The van der Waals surface area contributed by atoms with Crippen LogP contribution in [-0.2, 0) is 6.42 Å². The molecule has 0 aliphatic rings. The first-order valence-corrected chi connectivity index (χ1v) is 15.3. The maximum Gasteiger partial charge on any atom is 0.146 e. The molecule has 2 N–H and O–H groups in total. The first kappa shape index (κ1) is 21.8. The lowest BCUT2D eigenvalue weighted by molar-refractivity contribution is 0.456. The number of fused-ring (bicyclic) bond motifs is 1. The zero-order valence-corrected chi connectivity index (χ0v) is 20.6. The van der Waals surface area contributed by atoms with E-state index in [9.17, 15) is 10.2 Å². The number of rotatable bonds is 3. The zero-order chi connectivity index (χ0) is 21.1. The topological polar surface area (TPSA) is 71.2 Å². The number of nitrogens with zero attached hydrogens (tertiary/aromatic N) is 3. The lowest BCUT2D eigenvalue weighted by atomic mass is 9.97. The minimum absolute atomic E-state index is 0. The summed E-state index contributed by atoms with van der Waals surface area (Å²) in [7, 11) is 0. The van der Waals surface area contributed by atoms with Gasteiger partial charge in [0.2, 0.25) is 0 Å². The van der Waals surface area contributed by atoms with Crippen LogP contribution in [0.4, 0.5) is 0 Å². The number of benzene rings is 3. The van der Waals surface area contributed by atoms with Gasteiger partial charge < -0.3 is 10.2 Å². The molecule has 152 valence electrons. The molecule has 29 heavy (non-hydrogen) atoms. The third-order valence-electron chi connectivity index (χ3n) is 4.72. The first-order valence-electron chi connectivity index (χ1n) is 9.00. The van der Waals surface area contributed by atoms with Crippen molar-refractivity contribution in [3.63, 3.8) is 0 Å². The highest BCUT2D eigenvalue weighted by molar-refractivity contribution is 15.0. The molecule has 0 atom stereocenters. The van der Waals surface area contributed by atoms with E-state index in [0.717, 1.165) is 38.9 Å². The Morgan fingerprint density at radius 3 is 1.93 bits per heavy atom. The van der Waals surface area contributed by atoms with Crippen LogP contribution in [0.1, 0.15) is 29.2 Å². The summed E-state index contributed by atoms with van der Waals surface area (Å²) in [5, 5.41) is 30.3. The number of aryl methyl sites for hydroxylation is 3. The van der Waals surface area contributed by atoms with E-state index in [1.165, 1.54) is 4.80 Å². The molecule has 0 saturated heterocycles. The normalized spacial score (nSPS) is 10.7. The third-order valence-corrected chi connectivity index (χ3v) is 4.72. The van der Waals surface area contributed by atoms with E-state index in [4.69, 9.17) is 0 Å². The van der Waals surface area contributed by atoms with Crippen LogP contribution in [0, 0.1) is 20.8 Å². The second-order valence-electron chi connectivity index (χ2n) is 7.04. The SMILES string of the molecule is Cc1cc(C)c(O)c(Cc2cc(C)cc(-n3nc4ccccc4n3)c2O)c1.II.[HH]. The van der Waals surface area contributed by atoms with Crippen LogP contribution in [0.25, 0.3) is 16.7 Å². The second kappa shape index (κ2) is 9.29. The van der Waals surface area contributed by atoms with Crippen LogP contribution in [0.3, 0.4) is 0 Å². The molecule has 4 rings (SSSR count). The fourth-order valence-electron chi connectivity index (χ4n) is 3.48. The maximum absolute atomic E-state index is 10.9. The molecular weight excluding hydrogens is 592 g/mol. The Morgan fingerprint density at radius 1 is 0.828 bits per heavy atom. The molecule has 0 aliphatic heterocycles. The highest BCUT2D eigenvalue weighted by Gasteiger charge is 2.16. The van der Waals surface area contributed by atoms with Gasteiger partial charge in [0, 0.05) is 50.6 Å². The summed E-state index contributed by atoms with van der Waals surface area (Å²) in [5.41, 5.74) is 6.49. The van der Waals surface area contributed by atoms with Crippen molar-refractivity contribution in [2.24, 2.45) is 0 Å². The molecule has 0 unspecified atom stereocenters. The quantitative estimate of drug-likeness (QED) is 0.263. The van der Waals surface area contributed by atoms with Gasteiger partial charge in [-0.15, -0.1) is 15.0 Å². The molecule has 3 aromatic carbocycles. The van der Waals surface area contributed by atoms with E-state index in [1.807, 2.05) is 69.3 Å². The Kier molecular flexibility index (Phi) is 6.99. The number of aromatic hydroxyl groups is 2. The Bertz CT molecular complexity index is 1150. The number of phenols is 2. The van der Waals surface area contributed by atoms with Crippen molar-refractivity contribution in [3.8, 4) is 17.2 Å². The summed E-state index contributed by atoms with van der Waals surface area (Å²) in [6, 6.07) is 15.3. The highest BCUT2D eigenvalue weighted by atomic mass is 128. The molecule has 1 aromatic heterocycles. The Hall–Kier alpha value is -1.88. The molecule has 0 bridgehead atoms. The summed E-state index contributed by atoms with van der Waals surface area (Å²) in [4.78, 5) is 1.47. The van der Waals surface area contributed by atoms with Gasteiger partial charge in [-0.05, 0) is 55.7 Å². The van der Waals surface area contributed by atoms with Crippen LogP contribution >= 0.6 is 37.2 Å². The fourth-order valence-corrected chi connectivity index (χ4v) is 3.48. The molecular formula is C22H23I2N3O2. The molecule has 0 amide bonds. The zero-order valence-electron chi connectivity index (χ0n) is 16.3. The molecule has 0 aliphatic carbocycles. The van der Waals surface area contributed by atoms with Crippen LogP contribution < -0.4 is 0 Å². The highest BCUT2D eigenvalue weighted by Crippen LogP contribution is 2.33. The minimum Gasteiger partial charge on any atom is -0.507 e. The summed E-state index contributed by atoms with van der Waals surface area (Å²) in [6.45, 7) is 5.85. The van der Waals surface area contributed by atoms with Crippen LogP contribution in [0.5, 0.6) is 11.5 Å². The van der Waals surface area contributed by atoms with Crippen LogP contribution in [-0.4, -0.2) is 25.2 Å². The van der Waals surface area contributed by atoms with E-state index < -0.39 is 0 Å². The van der Waals surface area contributed by atoms with E-state index in [-0.39, 0.29) is 12.9 Å². The monoisotopic (exact) mass is 615 g/mol. The van der Waals surface area contributed by atoms with Gasteiger partial charge in [-0.25, -0.2) is 0 Å². The molecule has 7 heteroatoms. The number of hydrogen-bond donors (Lipinski definition) is 2. The van der Waals surface area contributed by atoms with E-state index in [2.05, 4.69) is 47.4 Å². The Morgan fingerprint density at radius 2 is 1.34 bits per heavy atom.